The van der Waals surface area contributed by atoms with Crippen molar-refractivity contribution in [2.24, 2.45) is 0 Å². The number of thioether (sulfide) groups is 1. The van der Waals surface area contributed by atoms with Crippen LogP contribution < -0.4 is 4.74 Å². The third-order valence-electron chi connectivity index (χ3n) is 2.39. The topological polar surface area (TPSA) is 46.5 Å². The highest BCUT2D eigenvalue weighted by molar-refractivity contribution is 7.98. The molecule has 0 aliphatic heterocycles. The van der Waals surface area contributed by atoms with Crippen LogP contribution in [0.1, 0.15) is 15.2 Å². The highest BCUT2D eigenvalue weighted by atomic mass is 32.2. The van der Waals surface area contributed by atoms with Crippen LogP contribution in [0, 0.1) is 0 Å². The number of thiophene rings is 1. The number of rotatable bonds is 5. The van der Waals surface area contributed by atoms with Crippen molar-refractivity contribution >= 4 is 29.1 Å². The summed E-state index contributed by atoms with van der Waals surface area (Å²) in [5, 5.41) is 10.8. The highest BCUT2D eigenvalue weighted by Gasteiger charge is 2.12. The van der Waals surface area contributed by atoms with E-state index in [1.165, 1.54) is 11.3 Å². The standard InChI is InChI=1S/C13H12O3S2/c1-17-11-5-3-2-4-10(11)16-8-9-6-7-18-12(9)13(14)15/h2-7H,8H2,1H3,(H,14,15). The van der Waals surface area contributed by atoms with Crippen molar-refractivity contribution in [3.05, 3.63) is 46.2 Å². The fraction of sp³-hybridized carbons (Fsp3) is 0.154. The summed E-state index contributed by atoms with van der Waals surface area (Å²) in [5.41, 5.74) is 0.711. The Morgan fingerprint density at radius 1 is 1.39 bits per heavy atom. The number of hydrogen-bond donors (Lipinski definition) is 1. The lowest BCUT2D eigenvalue weighted by atomic mass is 10.2. The van der Waals surface area contributed by atoms with Crippen molar-refractivity contribution < 1.29 is 14.6 Å². The van der Waals surface area contributed by atoms with Crippen LogP contribution in [0.2, 0.25) is 0 Å². The van der Waals surface area contributed by atoms with Gasteiger partial charge in [0.1, 0.15) is 17.2 Å². The summed E-state index contributed by atoms with van der Waals surface area (Å²) < 4.78 is 5.69. The van der Waals surface area contributed by atoms with E-state index < -0.39 is 5.97 Å². The monoisotopic (exact) mass is 280 g/mol. The van der Waals surface area contributed by atoms with E-state index in [2.05, 4.69) is 0 Å². The van der Waals surface area contributed by atoms with Gasteiger partial charge in [0.05, 0.1) is 0 Å². The van der Waals surface area contributed by atoms with E-state index in [0.717, 1.165) is 10.6 Å². The molecule has 1 N–H and O–H groups in total. The molecule has 3 nitrogen and oxygen atoms in total. The number of ether oxygens (including phenoxy) is 1. The Morgan fingerprint density at radius 3 is 2.89 bits per heavy atom. The van der Waals surface area contributed by atoms with Gasteiger partial charge in [0, 0.05) is 10.5 Å². The lowest BCUT2D eigenvalue weighted by Crippen LogP contribution is -2.02. The van der Waals surface area contributed by atoms with Crippen LogP contribution in [0.25, 0.3) is 0 Å². The van der Waals surface area contributed by atoms with E-state index in [1.807, 2.05) is 30.5 Å². The molecule has 1 aromatic carbocycles. The van der Waals surface area contributed by atoms with E-state index in [0.29, 0.717) is 10.4 Å². The summed E-state index contributed by atoms with van der Waals surface area (Å²) in [4.78, 5) is 12.4. The van der Waals surface area contributed by atoms with Gasteiger partial charge in [-0.3, -0.25) is 0 Å². The average molecular weight is 280 g/mol. The SMILES string of the molecule is CSc1ccccc1OCc1ccsc1C(=O)O. The van der Waals surface area contributed by atoms with Crippen LogP contribution >= 0.6 is 23.1 Å². The number of benzene rings is 1. The minimum absolute atomic E-state index is 0.280. The van der Waals surface area contributed by atoms with Crippen LogP contribution in [-0.4, -0.2) is 17.3 Å². The molecule has 1 heterocycles. The lowest BCUT2D eigenvalue weighted by molar-refractivity contribution is 0.0699. The second kappa shape index (κ2) is 5.93. The Balaban J connectivity index is 2.11. The molecular formula is C13H12O3S2. The Morgan fingerprint density at radius 2 is 2.17 bits per heavy atom. The molecular weight excluding hydrogens is 268 g/mol. The average Bonchev–Trinajstić information content (AvgIpc) is 2.85. The summed E-state index contributed by atoms with van der Waals surface area (Å²) >= 11 is 2.82. The first kappa shape index (κ1) is 13.0. The number of para-hydroxylation sites is 1. The van der Waals surface area contributed by atoms with E-state index in [-0.39, 0.29) is 6.61 Å². The van der Waals surface area contributed by atoms with E-state index >= 15 is 0 Å². The second-order valence-corrected chi connectivity index (χ2v) is 5.28. The zero-order valence-electron chi connectivity index (χ0n) is 9.75. The fourth-order valence-electron chi connectivity index (χ4n) is 1.53. The molecule has 0 saturated heterocycles. The molecule has 2 aromatic rings. The van der Waals surface area contributed by atoms with Crippen molar-refractivity contribution in [3.8, 4) is 5.75 Å². The highest BCUT2D eigenvalue weighted by Crippen LogP contribution is 2.28. The Hall–Kier alpha value is -1.46. The first-order valence-electron chi connectivity index (χ1n) is 5.28. The molecule has 5 heteroatoms. The minimum Gasteiger partial charge on any atom is -0.488 e. The molecule has 18 heavy (non-hydrogen) atoms. The Kier molecular flexibility index (Phi) is 4.28. The molecule has 0 radical (unpaired) electrons. The van der Waals surface area contributed by atoms with Crippen molar-refractivity contribution in [1.29, 1.82) is 0 Å². The normalized spacial score (nSPS) is 10.3. The summed E-state index contributed by atoms with van der Waals surface area (Å²) in [6.45, 7) is 0.280. The maximum absolute atomic E-state index is 11.0. The van der Waals surface area contributed by atoms with Gasteiger partial charge in [0.15, 0.2) is 0 Å². The number of hydrogen-bond acceptors (Lipinski definition) is 4. The van der Waals surface area contributed by atoms with Crippen molar-refractivity contribution in [2.45, 2.75) is 11.5 Å². The van der Waals surface area contributed by atoms with E-state index in [9.17, 15) is 4.79 Å². The summed E-state index contributed by atoms with van der Waals surface area (Å²) in [6, 6.07) is 9.51. The van der Waals surface area contributed by atoms with Gasteiger partial charge in [-0.1, -0.05) is 12.1 Å². The fourth-order valence-corrected chi connectivity index (χ4v) is 2.82. The van der Waals surface area contributed by atoms with Gasteiger partial charge < -0.3 is 9.84 Å². The first-order valence-corrected chi connectivity index (χ1v) is 7.38. The molecule has 0 bridgehead atoms. The van der Waals surface area contributed by atoms with Crippen LogP contribution in [0.4, 0.5) is 0 Å². The van der Waals surface area contributed by atoms with Crippen molar-refractivity contribution in [1.82, 2.24) is 0 Å². The van der Waals surface area contributed by atoms with Gasteiger partial charge >= 0.3 is 5.97 Å². The number of carboxylic acids is 1. The van der Waals surface area contributed by atoms with Crippen LogP contribution in [0.15, 0.2) is 40.6 Å². The molecule has 0 aliphatic carbocycles. The van der Waals surface area contributed by atoms with Crippen molar-refractivity contribution in [3.63, 3.8) is 0 Å². The minimum atomic E-state index is -0.901. The zero-order valence-corrected chi connectivity index (χ0v) is 11.4. The molecule has 0 aliphatic rings. The molecule has 2 rings (SSSR count). The maximum atomic E-state index is 11.0. The Labute approximate surface area is 113 Å². The molecule has 0 fully saturated rings. The number of carboxylic acid groups (broad SMARTS) is 1. The van der Waals surface area contributed by atoms with Gasteiger partial charge in [0.2, 0.25) is 0 Å². The smallest absolute Gasteiger partial charge is 0.346 e. The predicted octanol–water partition coefficient (Wildman–Crippen LogP) is 3.75. The van der Waals surface area contributed by atoms with Gasteiger partial charge in [-0.15, -0.1) is 23.1 Å². The molecule has 0 atom stereocenters. The zero-order chi connectivity index (χ0) is 13.0. The molecule has 1 aromatic heterocycles. The summed E-state index contributed by atoms with van der Waals surface area (Å²) in [6.07, 6.45) is 1.98. The summed E-state index contributed by atoms with van der Waals surface area (Å²) in [7, 11) is 0. The first-order chi connectivity index (χ1) is 8.72. The molecule has 94 valence electrons. The van der Waals surface area contributed by atoms with Crippen LogP contribution in [-0.2, 0) is 6.61 Å². The molecule has 0 amide bonds. The summed E-state index contributed by atoms with van der Waals surface area (Å²) in [5.74, 6) is -0.116. The van der Waals surface area contributed by atoms with Gasteiger partial charge in [0.25, 0.3) is 0 Å². The van der Waals surface area contributed by atoms with E-state index in [1.54, 1.807) is 23.2 Å². The second-order valence-electron chi connectivity index (χ2n) is 3.52. The number of carbonyl (C=O) groups is 1. The largest absolute Gasteiger partial charge is 0.488 e. The van der Waals surface area contributed by atoms with Crippen LogP contribution in [0.3, 0.4) is 0 Å². The quantitative estimate of drug-likeness (QED) is 0.847. The molecule has 0 unspecified atom stereocenters. The molecule has 0 spiro atoms. The maximum Gasteiger partial charge on any atom is 0.346 e. The third-order valence-corrected chi connectivity index (χ3v) is 4.12. The van der Waals surface area contributed by atoms with Crippen molar-refractivity contribution in [2.75, 3.05) is 6.26 Å². The van der Waals surface area contributed by atoms with Gasteiger partial charge in [-0.2, -0.15) is 0 Å². The van der Waals surface area contributed by atoms with Crippen LogP contribution in [0.5, 0.6) is 5.75 Å². The lowest BCUT2D eigenvalue weighted by Gasteiger charge is -2.09. The number of aromatic carboxylic acids is 1. The van der Waals surface area contributed by atoms with Gasteiger partial charge in [-0.05, 0) is 29.8 Å². The Bertz CT molecular complexity index is 549. The van der Waals surface area contributed by atoms with Gasteiger partial charge in [-0.25, -0.2) is 4.79 Å². The molecule has 0 saturated carbocycles. The third kappa shape index (κ3) is 2.86. The van der Waals surface area contributed by atoms with E-state index in [4.69, 9.17) is 9.84 Å². The predicted molar refractivity (Wildman–Crippen MR) is 73.8 cm³/mol.